The molecular weight excluding hydrogens is 494 g/mol. The van der Waals surface area contributed by atoms with Crippen molar-refractivity contribution < 1.29 is 9.47 Å². The number of fused-ring (bicyclic) bond motifs is 4. The molecule has 5 fully saturated rings. The van der Waals surface area contributed by atoms with Crippen LogP contribution in [0.3, 0.4) is 0 Å². The van der Waals surface area contributed by atoms with Gasteiger partial charge in [-0.15, -0.1) is 0 Å². The van der Waals surface area contributed by atoms with Crippen molar-refractivity contribution in [1.82, 2.24) is 19.5 Å². The van der Waals surface area contributed by atoms with Gasteiger partial charge in [0.25, 0.3) is 0 Å². The molecule has 0 spiro atoms. The molecule has 4 saturated carbocycles. The Bertz CT molecular complexity index is 1130. The normalized spacial score (nSPS) is 35.7. The van der Waals surface area contributed by atoms with Crippen molar-refractivity contribution in [3.63, 3.8) is 0 Å². The molecule has 5 aliphatic rings. The Morgan fingerprint density at radius 2 is 1.81 bits per heavy atom. The van der Waals surface area contributed by atoms with Gasteiger partial charge >= 0.3 is 0 Å². The molecule has 2 aromatic rings. The molecule has 1 saturated heterocycles. The summed E-state index contributed by atoms with van der Waals surface area (Å²) in [6.45, 7) is 4.07. The van der Waals surface area contributed by atoms with Gasteiger partial charge in [-0.05, 0) is 81.6 Å². The number of imidazole rings is 1. The molecule has 1 aliphatic heterocycles. The lowest BCUT2D eigenvalue weighted by Gasteiger charge is -2.30. The molecule has 0 amide bonds. The number of nitrogens with one attached hydrogen (secondary N) is 1. The zero-order valence-corrected chi connectivity index (χ0v) is 23.2. The van der Waals surface area contributed by atoms with E-state index in [1.807, 2.05) is 31.9 Å². The van der Waals surface area contributed by atoms with Crippen LogP contribution >= 0.6 is 23.4 Å². The third-order valence-electron chi connectivity index (χ3n) is 9.87. The highest BCUT2D eigenvalue weighted by molar-refractivity contribution is 7.98. The number of hydrogen-bond acceptors (Lipinski definition) is 7. The molecule has 196 valence electrons. The van der Waals surface area contributed by atoms with E-state index in [1.165, 1.54) is 51.4 Å². The maximum Gasteiger partial charge on any atom is 0.226 e. The van der Waals surface area contributed by atoms with Crippen molar-refractivity contribution in [2.45, 2.75) is 102 Å². The fourth-order valence-electron chi connectivity index (χ4n) is 8.34. The lowest BCUT2D eigenvalue weighted by molar-refractivity contribution is -0.160. The first kappa shape index (κ1) is 24.0. The van der Waals surface area contributed by atoms with Gasteiger partial charge in [0.15, 0.2) is 22.8 Å². The summed E-state index contributed by atoms with van der Waals surface area (Å²) in [5, 5.41) is 4.17. The first-order valence-electron chi connectivity index (χ1n) is 13.9. The molecule has 0 radical (unpaired) electrons. The average Bonchev–Trinajstić information content (AvgIpc) is 3.46. The van der Waals surface area contributed by atoms with Crippen LogP contribution < -0.4 is 5.32 Å². The largest absolute Gasteiger partial charge is 0.365 e. The molecule has 0 bridgehead atoms. The highest BCUT2D eigenvalue weighted by Crippen LogP contribution is 2.72. The summed E-state index contributed by atoms with van der Waals surface area (Å²) >= 11 is 8.49. The van der Waals surface area contributed by atoms with E-state index < -0.39 is 5.79 Å². The van der Waals surface area contributed by atoms with Gasteiger partial charge in [-0.1, -0.05) is 25.7 Å². The van der Waals surface area contributed by atoms with E-state index in [9.17, 15) is 0 Å². The number of halogens is 1. The number of hydrogen-bond donors (Lipinski definition) is 1. The number of anilines is 1. The zero-order valence-electron chi connectivity index (χ0n) is 21.6. The minimum absolute atomic E-state index is 0.00169. The minimum atomic E-state index is -0.571. The van der Waals surface area contributed by atoms with Gasteiger partial charge in [0.1, 0.15) is 6.10 Å². The monoisotopic (exact) mass is 531 g/mol. The van der Waals surface area contributed by atoms with Crippen LogP contribution in [0.2, 0.25) is 5.28 Å². The molecule has 0 aromatic carbocycles. The predicted molar refractivity (Wildman–Crippen MR) is 143 cm³/mol. The van der Waals surface area contributed by atoms with E-state index in [-0.39, 0.29) is 28.9 Å². The SMILES string of the molecule is CSC[C@@]12C[C@@H]1[C@@H](n1cnc3c(NC(C4CCCC4)C4CCCC4)nc(Cl)nc31)[C@@H]1OC(C)(C)O[C@@H]12. The summed E-state index contributed by atoms with van der Waals surface area (Å²) in [4.78, 5) is 14.3. The summed E-state index contributed by atoms with van der Waals surface area (Å²) in [6.07, 6.45) is 16.0. The van der Waals surface area contributed by atoms with E-state index in [0.717, 1.165) is 29.2 Å². The molecule has 3 heterocycles. The Kier molecular flexibility index (Phi) is 5.81. The number of ether oxygens (including phenoxy) is 2. The smallest absolute Gasteiger partial charge is 0.226 e. The fourth-order valence-corrected chi connectivity index (χ4v) is 9.54. The first-order chi connectivity index (χ1) is 17.4. The van der Waals surface area contributed by atoms with E-state index in [0.29, 0.717) is 23.8 Å². The van der Waals surface area contributed by atoms with Gasteiger partial charge in [-0.25, -0.2) is 4.98 Å². The summed E-state index contributed by atoms with van der Waals surface area (Å²) in [7, 11) is 0. The molecule has 36 heavy (non-hydrogen) atoms. The third-order valence-corrected chi connectivity index (χ3v) is 10.9. The zero-order chi connectivity index (χ0) is 24.7. The van der Waals surface area contributed by atoms with Gasteiger partial charge in [-0.2, -0.15) is 21.7 Å². The highest BCUT2D eigenvalue weighted by Gasteiger charge is 2.75. The maximum absolute atomic E-state index is 6.58. The molecule has 1 N–H and O–H groups in total. The quantitative estimate of drug-likeness (QED) is 0.433. The molecule has 7 nitrogen and oxygen atoms in total. The highest BCUT2D eigenvalue weighted by atomic mass is 35.5. The van der Waals surface area contributed by atoms with Crippen molar-refractivity contribution in [2.75, 3.05) is 17.3 Å². The van der Waals surface area contributed by atoms with Crippen LogP contribution in [0.15, 0.2) is 6.33 Å². The lowest BCUT2D eigenvalue weighted by atomic mass is 9.86. The van der Waals surface area contributed by atoms with E-state index in [1.54, 1.807) is 0 Å². The van der Waals surface area contributed by atoms with Gasteiger partial charge < -0.3 is 19.4 Å². The van der Waals surface area contributed by atoms with Crippen molar-refractivity contribution in [1.29, 1.82) is 0 Å². The third kappa shape index (κ3) is 3.72. The predicted octanol–water partition coefficient (Wildman–Crippen LogP) is 6.08. The summed E-state index contributed by atoms with van der Waals surface area (Å²) in [5.74, 6) is 3.24. The molecule has 2 aromatic heterocycles. The average molecular weight is 532 g/mol. The number of rotatable bonds is 7. The van der Waals surface area contributed by atoms with Crippen LogP contribution in [-0.4, -0.2) is 55.6 Å². The lowest BCUT2D eigenvalue weighted by Crippen LogP contribution is -2.35. The second kappa shape index (κ2) is 8.72. The van der Waals surface area contributed by atoms with Gasteiger partial charge in [-0.3, -0.25) is 0 Å². The molecule has 7 rings (SSSR count). The number of nitrogens with zero attached hydrogens (tertiary/aromatic N) is 4. The van der Waals surface area contributed by atoms with Crippen molar-refractivity contribution in [2.24, 2.45) is 23.2 Å². The Morgan fingerprint density at radius 1 is 1.11 bits per heavy atom. The van der Waals surface area contributed by atoms with Crippen LogP contribution in [0.4, 0.5) is 5.82 Å². The summed E-state index contributed by atoms with van der Waals surface area (Å²) in [5.41, 5.74) is 1.82. The molecule has 0 unspecified atom stereocenters. The van der Waals surface area contributed by atoms with E-state index in [4.69, 9.17) is 36.0 Å². The second-order valence-corrected chi connectivity index (χ2v) is 13.6. The van der Waals surface area contributed by atoms with Crippen LogP contribution in [0.5, 0.6) is 0 Å². The minimum Gasteiger partial charge on any atom is -0.365 e. The number of aromatic nitrogens is 4. The van der Waals surface area contributed by atoms with Crippen LogP contribution in [-0.2, 0) is 9.47 Å². The second-order valence-electron chi connectivity index (χ2n) is 12.4. The standard InChI is InChI=1S/C27H38ClN5O2S/c1-26(2)34-21-20(17-12-27(17,13-36-3)22(21)35-26)33-14-29-19-23(31-25(28)32-24(19)33)30-18(15-8-4-5-9-15)16-10-6-7-11-16/h14-18,20-22H,4-13H2,1-3H3,(H,30,31,32)/t17-,20-,21+,22+,27+/m1/s1. The Hall–Kier alpha value is -1.09. The molecule has 9 heteroatoms. The van der Waals surface area contributed by atoms with Crippen molar-refractivity contribution >= 4 is 40.3 Å². The summed E-state index contributed by atoms with van der Waals surface area (Å²) in [6, 6.07) is 0.586. The maximum atomic E-state index is 6.58. The van der Waals surface area contributed by atoms with Gasteiger partial charge in [0, 0.05) is 17.2 Å². The first-order valence-corrected chi connectivity index (χ1v) is 15.7. The van der Waals surface area contributed by atoms with Crippen LogP contribution in [0.1, 0.15) is 77.7 Å². The van der Waals surface area contributed by atoms with Gasteiger partial charge in [0.05, 0.1) is 18.5 Å². The molecule has 5 atom stereocenters. The Morgan fingerprint density at radius 3 is 2.47 bits per heavy atom. The fraction of sp³-hybridized carbons (Fsp3) is 0.815. The van der Waals surface area contributed by atoms with Crippen LogP contribution in [0.25, 0.3) is 11.2 Å². The van der Waals surface area contributed by atoms with Crippen molar-refractivity contribution in [3.05, 3.63) is 11.6 Å². The van der Waals surface area contributed by atoms with E-state index in [2.05, 4.69) is 16.1 Å². The van der Waals surface area contributed by atoms with Crippen molar-refractivity contribution in [3.8, 4) is 0 Å². The van der Waals surface area contributed by atoms with Crippen LogP contribution in [0, 0.1) is 23.2 Å². The number of thioether (sulfide) groups is 1. The topological polar surface area (TPSA) is 74.1 Å². The van der Waals surface area contributed by atoms with Gasteiger partial charge in [0.2, 0.25) is 5.28 Å². The Balaban J connectivity index is 1.25. The van der Waals surface area contributed by atoms with E-state index >= 15 is 0 Å². The molecule has 4 aliphatic carbocycles. The Labute approximate surface area is 222 Å². The summed E-state index contributed by atoms with van der Waals surface area (Å²) < 4.78 is 15.2. The molecular formula is C27H38ClN5O2S.